The minimum Gasteiger partial charge on any atom is -0.494 e. The van der Waals surface area contributed by atoms with E-state index in [1.807, 2.05) is 0 Å². The summed E-state index contributed by atoms with van der Waals surface area (Å²) in [6, 6.07) is 7.17. The van der Waals surface area contributed by atoms with Gasteiger partial charge >= 0.3 is 0 Å². The second kappa shape index (κ2) is 5.56. The molecule has 1 aromatic heterocycles. The third kappa shape index (κ3) is 3.03. The van der Waals surface area contributed by atoms with Gasteiger partial charge in [0.15, 0.2) is 11.6 Å². The highest BCUT2D eigenvalue weighted by Gasteiger charge is 2.10. The van der Waals surface area contributed by atoms with Crippen LogP contribution in [0.3, 0.4) is 0 Å². The van der Waals surface area contributed by atoms with Crippen molar-refractivity contribution in [3.8, 4) is 5.75 Å². The summed E-state index contributed by atoms with van der Waals surface area (Å²) >= 11 is 0. The number of nitrogens with zero attached hydrogens (tertiary/aromatic N) is 1. The van der Waals surface area contributed by atoms with Gasteiger partial charge < -0.3 is 15.8 Å². The van der Waals surface area contributed by atoms with Gasteiger partial charge in [0, 0.05) is 23.0 Å². The number of carbonyl (C=O) groups excluding carboxylic acids is 1. The maximum Gasteiger partial charge on any atom is 0.255 e. The molecule has 0 aliphatic rings. The lowest BCUT2D eigenvalue weighted by Crippen LogP contribution is -2.13. The van der Waals surface area contributed by atoms with E-state index in [1.165, 1.54) is 31.4 Å². The van der Waals surface area contributed by atoms with Crippen molar-refractivity contribution in [2.75, 3.05) is 18.2 Å². The third-order valence-corrected chi connectivity index (χ3v) is 2.64. The van der Waals surface area contributed by atoms with Crippen molar-refractivity contribution in [2.45, 2.75) is 6.92 Å². The molecule has 1 aromatic carbocycles. The molecule has 0 atom stereocenters. The molecule has 0 spiro atoms. The van der Waals surface area contributed by atoms with Crippen LogP contribution >= 0.6 is 0 Å². The van der Waals surface area contributed by atoms with Gasteiger partial charge in [-0.05, 0) is 31.2 Å². The zero-order valence-electron chi connectivity index (χ0n) is 11.1. The number of aryl methyl sites for hydroxylation is 1. The van der Waals surface area contributed by atoms with Crippen LogP contribution in [-0.4, -0.2) is 18.0 Å². The Morgan fingerprint density at radius 3 is 2.75 bits per heavy atom. The number of pyridine rings is 1. The Morgan fingerprint density at radius 1 is 1.35 bits per heavy atom. The number of amides is 1. The van der Waals surface area contributed by atoms with Crippen LogP contribution in [0.1, 0.15) is 16.1 Å². The van der Waals surface area contributed by atoms with Gasteiger partial charge in [-0.15, -0.1) is 0 Å². The van der Waals surface area contributed by atoms with Gasteiger partial charge in [-0.2, -0.15) is 0 Å². The Bertz CT molecular complexity index is 639. The van der Waals surface area contributed by atoms with E-state index in [2.05, 4.69) is 10.3 Å². The zero-order valence-corrected chi connectivity index (χ0v) is 11.1. The molecule has 0 bridgehead atoms. The molecular weight excluding hydrogens is 261 g/mol. The van der Waals surface area contributed by atoms with Crippen LogP contribution < -0.4 is 15.8 Å². The SMILES string of the molecule is COc1cc(NC(=O)c2cc(C)nc(N)c2)ccc1F. The minimum absolute atomic E-state index is 0.0632. The van der Waals surface area contributed by atoms with E-state index in [4.69, 9.17) is 10.5 Å². The average molecular weight is 275 g/mol. The number of carbonyl (C=O) groups is 1. The Labute approximate surface area is 115 Å². The van der Waals surface area contributed by atoms with Crippen LogP contribution in [0.2, 0.25) is 0 Å². The highest BCUT2D eigenvalue weighted by atomic mass is 19.1. The van der Waals surface area contributed by atoms with Crippen molar-refractivity contribution in [1.82, 2.24) is 4.98 Å². The molecule has 20 heavy (non-hydrogen) atoms. The molecule has 0 fully saturated rings. The van der Waals surface area contributed by atoms with Crippen LogP contribution in [-0.2, 0) is 0 Å². The van der Waals surface area contributed by atoms with E-state index < -0.39 is 5.82 Å². The van der Waals surface area contributed by atoms with E-state index in [-0.39, 0.29) is 17.5 Å². The molecule has 0 saturated carbocycles. The average Bonchev–Trinajstić information content (AvgIpc) is 2.39. The molecule has 0 saturated heterocycles. The van der Waals surface area contributed by atoms with Gasteiger partial charge in [0.1, 0.15) is 5.82 Å². The Kier molecular flexibility index (Phi) is 3.84. The van der Waals surface area contributed by atoms with Crippen molar-refractivity contribution in [2.24, 2.45) is 0 Å². The third-order valence-electron chi connectivity index (χ3n) is 2.64. The number of nitrogens with one attached hydrogen (secondary N) is 1. The van der Waals surface area contributed by atoms with Crippen molar-refractivity contribution in [3.05, 3.63) is 47.4 Å². The molecular formula is C14H14FN3O2. The van der Waals surface area contributed by atoms with Crippen LogP contribution in [0.4, 0.5) is 15.9 Å². The zero-order chi connectivity index (χ0) is 14.7. The fourth-order valence-electron chi connectivity index (χ4n) is 1.77. The number of benzene rings is 1. The van der Waals surface area contributed by atoms with Gasteiger partial charge in [0.05, 0.1) is 7.11 Å². The van der Waals surface area contributed by atoms with Crippen LogP contribution in [0, 0.1) is 12.7 Å². The van der Waals surface area contributed by atoms with E-state index in [0.29, 0.717) is 16.9 Å². The largest absolute Gasteiger partial charge is 0.494 e. The minimum atomic E-state index is -0.491. The highest BCUT2D eigenvalue weighted by molar-refractivity contribution is 6.04. The fourth-order valence-corrected chi connectivity index (χ4v) is 1.77. The van der Waals surface area contributed by atoms with Gasteiger partial charge in [-0.1, -0.05) is 0 Å². The maximum atomic E-state index is 13.3. The monoisotopic (exact) mass is 275 g/mol. The number of rotatable bonds is 3. The molecule has 1 heterocycles. The molecule has 1 amide bonds. The predicted octanol–water partition coefficient (Wildman–Crippen LogP) is 2.37. The van der Waals surface area contributed by atoms with Gasteiger partial charge in [0.25, 0.3) is 5.91 Å². The molecule has 2 aromatic rings. The number of aromatic nitrogens is 1. The summed E-state index contributed by atoms with van der Waals surface area (Å²) in [7, 11) is 1.36. The Balaban J connectivity index is 2.23. The Hall–Kier alpha value is -2.63. The number of methoxy groups -OCH3 is 1. The first-order chi connectivity index (χ1) is 9.49. The van der Waals surface area contributed by atoms with Crippen molar-refractivity contribution in [3.63, 3.8) is 0 Å². The first-order valence-corrected chi connectivity index (χ1v) is 5.88. The summed E-state index contributed by atoms with van der Waals surface area (Å²) in [5, 5.41) is 2.65. The number of anilines is 2. The number of ether oxygens (including phenoxy) is 1. The fraction of sp³-hybridized carbons (Fsp3) is 0.143. The first-order valence-electron chi connectivity index (χ1n) is 5.88. The van der Waals surface area contributed by atoms with E-state index >= 15 is 0 Å². The van der Waals surface area contributed by atoms with Gasteiger partial charge in [-0.3, -0.25) is 4.79 Å². The topological polar surface area (TPSA) is 77.2 Å². The van der Waals surface area contributed by atoms with Crippen molar-refractivity contribution >= 4 is 17.4 Å². The number of hydrogen-bond donors (Lipinski definition) is 2. The van der Waals surface area contributed by atoms with E-state index in [1.54, 1.807) is 13.0 Å². The molecule has 0 aliphatic carbocycles. The normalized spacial score (nSPS) is 10.2. The summed E-state index contributed by atoms with van der Waals surface area (Å²) in [6.45, 7) is 1.74. The lowest BCUT2D eigenvalue weighted by Gasteiger charge is -2.08. The first kappa shape index (κ1) is 13.8. The molecule has 0 aliphatic heterocycles. The Morgan fingerprint density at radius 2 is 2.10 bits per heavy atom. The quantitative estimate of drug-likeness (QED) is 0.901. The summed E-state index contributed by atoms with van der Waals surface area (Å²) < 4.78 is 18.1. The summed E-state index contributed by atoms with van der Waals surface area (Å²) in [5.74, 6) is -0.509. The molecule has 0 unspecified atom stereocenters. The van der Waals surface area contributed by atoms with E-state index in [9.17, 15) is 9.18 Å². The summed E-state index contributed by atoms with van der Waals surface area (Å²) in [5.41, 5.74) is 7.06. The maximum absolute atomic E-state index is 13.3. The van der Waals surface area contributed by atoms with Crippen LogP contribution in [0.15, 0.2) is 30.3 Å². The van der Waals surface area contributed by atoms with E-state index in [0.717, 1.165) is 0 Å². The summed E-state index contributed by atoms with van der Waals surface area (Å²) in [4.78, 5) is 16.1. The molecule has 5 nitrogen and oxygen atoms in total. The number of halogens is 1. The smallest absolute Gasteiger partial charge is 0.255 e. The number of nitrogen functional groups attached to an aromatic ring is 1. The number of hydrogen-bond acceptors (Lipinski definition) is 4. The molecule has 104 valence electrons. The second-order valence-electron chi connectivity index (χ2n) is 4.23. The van der Waals surface area contributed by atoms with Crippen molar-refractivity contribution < 1.29 is 13.9 Å². The van der Waals surface area contributed by atoms with Gasteiger partial charge in [-0.25, -0.2) is 9.37 Å². The van der Waals surface area contributed by atoms with Gasteiger partial charge in [0.2, 0.25) is 0 Å². The summed E-state index contributed by atoms with van der Waals surface area (Å²) in [6.07, 6.45) is 0. The lowest BCUT2D eigenvalue weighted by molar-refractivity contribution is 0.102. The highest BCUT2D eigenvalue weighted by Crippen LogP contribution is 2.22. The van der Waals surface area contributed by atoms with Crippen LogP contribution in [0.5, 0.6) is 5.75 Å². The van der Waals surface area contributed by atoms with Crippen LogP contribution in [0.25, 0.3) is 0 Å². The second-order valence-corrected chi connectivity index (χ2v) is 4.23. The molecule has 2 rings (SSSR count). The van der Waals surface area contributed by atoms with Crippen molar-refractivity contribution in [1.29, 1.82) is 0 Å². The number of nitrogens with two attached hydrogens (primary N) is 1. The lowest BCUT2D eigenvalue weighted by atomic mass is 10.2. The molecule has 6 heteroatoms. The predicted molar refractivity (Wildman–Crippen MR) is 74.3 cm³/mol. The molecule has 0 radical (unpaired) electrons. The molecule has 3 N–H and O–H groups in total. The standard InChI is InChI=1S/C14H14FN3O2/c1-8-5-9(6-13(16)17-8)14(19)18-10-3-4-11(15)12(7-10)20-2/h3-7H,1-2H3,(H2,16,17)(H,18,19).